The summed E-state index contributed by atoms with van der Waals surface area (Å²) in [5, 5.41) is 21.2. The van der Waals surface area contributed by atoms with E-state index in [4.69, 9.17) is 12.2 Å². The van der Waals surface area contributed by atoms with Crippen molar-refractivity contribution in [2.45, 2.75) is 40.0 Å². The van der Waals surface area contributed by atoms with E-state index < -0.39 is 0 Å². The number of hydrogen-bond acceptors (Lipinski definition) is 4. The van der Waals surface area contributed by atoms with Gasteiger partial charge in [0.2, 0.25) is 4.77 Å². The molecule has 0 spiro atoms. The molecule has 0 saturated carbocycles. The summed E-state index contributed by atoms with van der Waals surface area (Å²) in [6.07, 6.45) is 1.72. The molecule has 1 heterocycles. The van der Waals surface area contributed by atoms with E-state index in [1.807, 2.05) is 26.0 Å². The van der Waals surface area contributed by atoms with E-state index in [0.717, 1.165) is 22.5 Å². The van der Waals surface area contributed by atoms with Crippen LogP contribution in [0.2, 0.25) is 0 Å². The molecule has 0 aliphatic carbocycles. The highest BCUT2D eigenvalue weighted by atomic mass is 32.1. The zero-order chi connectivity index (χ0) is 15.8. The van der Waals surface area contributed by atoms with Crippen molar-refractivity contribution in [3.8, 4) is 5.75 Å². The number of benzene rings is 1. The standard InChI is InChI=1S/C15H20N4OS/c1-9-6-11(7-10(2)12(9)20)8-16-19-13(15(3,4)5)17-18-14(19)21/h6-8,20H,1-5H3,(H,18,21)/b16-8+. The average Bonchev–Trinajstić information content (AvgIpc) is 2.74. The van der Waals surface area contributed by atoms with E-state index in [-0.39, 0.29) is 5.41 Å². The van der Waals surface area contributed by atoms with E-state index in [1.165, 1.54) is 0 Å². The number of rotatable bonds is 2. The molecule has 1 aromatic heterocycles. The highest BCUT2D eigenvalue weighted by Gasteiger charge is 2.21. The van der Waals surface area contributed by atoms with Crippen LogP contribution in [0.25, 0.3) is 0 Å². The number of H-pyrrole nitrogens is 1. The summed E-state index contributed by atoms with van der Waals surface area (Å²) >= 11 is 5.22. The SMILES string of the molecule is Cc1cc(/C=N/n2c(C(C)(C)C)n[nH]c2=S)cc(C)c1O. The van der Waals surface area contributed by atoms with Crippen molar-refractivity contribution >= 4 is 18.4 Å². The Morgan fingerprint density at radius 2 is 1.86 bits per heavy atom. The number of aromatic hydroxyl groups is 1. The fourth-order valence-corrected chi connectivity index (χ4v) is 2.25. The number of phenolic OH excluding ortho intramolecular Hbond substituents is 1. The van der Waals surface area contributed by atoms with Gasteiger partial charge in [-0.25, -0.2) is 0 Å². The van der Waals surface area contributed by atoms with Crippen molar-refractivity contribution in [1.82, 2.24) is 14.9 Å². The molecule has 21 heavy (non-hydrogen) atoms. The summed E-state index contributed by atoms with van der Waals surface area (Å²) in [4.78, 5) is 0. The average molecular weight is 304 g/mol. The summed E-state index contributed by atoms with van der Waals surface area (Å²) in [6.45, 7) is 9.89. The van der Waals surface area contributed by atoms with Gasteiger partial charge in [0.25, 0.3) is 0 Å². The van der Waals surface area contributed by atoms with E-state index in [9.17, 15) is 5.11 Å². The summed E-state index contributed by atoms with van der Waals surface area (Å²) in [6, 6.07) is 3.76. The number of nitrogens with zero attached hydrogens (tertiary/aromatic N) is 3. The van der Waals surface area contributed by atoms with Crippen molar-refractivity contribution in [1.29, 1.82) is 0 Å². The molecule has 0 aliphatic rings. The minimum absolute atomic E-state index is 0.161. The Morgan fingerprint density at radius 1 is 1.29 bits per heavy atom. The lowest BCUT2D eigenvalue weighted by Gasteiger charge is -2.15. The highest BCUT2D eigenvalue weighted by molar-refractivity contribution is 7.71. The van der Waals surface area contributed by atoms with E-state index in [0.29, 0.717) is 10.5 Å². The van der Waals surface area contributed by atoms with Crippen LogP contribution in [-0.4, -0.2) is 26.2 Å². The molecule has 5 nitrogen and oxygen atoms in total. The third kappa shape index (κ3) is 3.21. The molecule has 0 radical (unpaired) electrons. The molecular formula is C15H20N4OS. The van der Waals surface area contributed by atoms with Crippen molar-refractivity contribution in [2.75, 3.05) is 0 Å². The molecule has 0 atom stereocenters. The first kappa shape index (κ1) is 15.4. The van der Waals surface area contributed by atoms with E-state index >= 15 is 0 Å². The lowest BCUT2D eigenvalue weighted by atomic mass is 9.96. The first-order chi connectivity index (χ1) is 9.70. The first-order valence-electron chi connectivity index (χ1n) is 6.72. The third-order valence-electron chi connectivity index (χ3n) is 3.16. The van der Waals surface area contributed by atoms with Crippen LogP contribution in [0.1, 0.15) is 43.3 Å². The summed E-state index contributed by atoms with van der Waals surface area (Å²) in [7, 11) is 0. The molecule has 0 unspecified atom stereocenters. The number of aryl methyl sites for hydroxylation is 2. The molecule has 2 N–H and O–H groups in total. The van der Waals surface area contributed by atoms with Gasteiger partial charge in [-0.3, -0.25) is 5.10 Å². The van der Waals surface area contributed by atoms with E-state index in [2.05, 4.69) is 36.1 Å². The third-order valence-corrected chi connectivity index (χ3v) is 3.42. The minimum atomic E-state index is -0.161. The number of aromatic amines is 1. The highest BCUT2D eigenvalue weighted by Crippen LogP contribution is 2.23. The second-order valence-electron chi connectivity index (χ2n) is 6.16. The van der Waals surface area contributed by atoms with Gasteiger partial charge in [-0.1, -0.05) is 20.8 Å². The Kier molecular flexibility index (Phi) is 4.00. The minimum Gasteiger partial charge on any atom is -0.507 e. The summed E-state index contributed by atoms with van der Waals surface area (Å²) < 4.78 is 2.09. The van der Waals surface area contributed by atoms with Crippen LogP contribution >= 0.6 is 12.2 Å². The lowest BCUT2D eigenvalue weighted by Crippen LogP contribution is -2.17. The van der Waals surface area contributed by atoms with Crippen LogP contribution in [0.15, 0.2) is 17.2 Å². The van der Waals surface area contributed by atoms with Gasteiger partial charge in [-0.2, -0.15) is 14.9 Å². The van der Waals surface area contributed by atoms with Gasteiger partial charge in [0, 0.05) is 5.41 Å². The Balaban J connectivity index is 2.44. The van der Waals surface area contributed by atoms with Gasteiger partial charge in [-0.15, -0.1) is 0 Å². The van der Waals surface area contributed by atoms with Gasteiger partial charge < -0.3 is 5.11 Å². The fourth-order valence-electron chi connectivity index (χ4n) is 2.07. The molecule has 6 heteroatoms. The Bertz CT molecular complexity index is 727. The van der Waals surface area contributed by atoms with Gasteiger partial charge in [-0.05, 0) is 54.9 Å². The molecule has 0 bridgehead atoms. The molecule has 0 amide bonds. The smallest absolute Gasteiger partial charge is 0.216 e. The Hall–Kier alpha value is -1.95. The predicted octanol–water partition coefficient (Wildman–Crippen LogP) is 3.44. The molecule has 0 fully saturated rings. The zero-order valence-electron chi connectivity index (χ0n) is 12.9. The number of hydrogen-bond donors (Lipinski definition) is 2. The van der Waals surface area contributed by atoms with Gasteiger partial charge in [0.15, 0.2) is 5.82 Å². The second-order valence-corrected chi connectivity index (χ2v) is 6.55. The van der Waals surface area contributed by atoms with Gasteiger partial charge in [0.1, 0.15) is 5.75 Å². The van der Waals surface area contributed by atoms with Crippen molar-refractivity contribution < 1.29 is 5.11 Å². The quantitative estimate of drug-likeness (QED) is 0.660. The predicted molar refractivity (Wildman–Crippen MR) is 86.7 cm³/mol. The Morgan fingerprint density at radius 3 is 2.38 bits per heavy atom. The normalized spacial score (nSPS) is 12.2. The molecule has 112 valence electrons. The maximum absolute atomic E-state index is 9.80. The largest absolute Gasteiger partial charge is 0.507 e. The lowest BCUT2D eigenvalue weighted by molar-refractivity contribution is 0.467. The van der Waals surface area contributed by atoms with Crippen LogP contribution in [0.3, 0.4) is 0 Å². The molecule has 2 aromatic rings. The van der Waals surface area contributed by atoms with Crippen LogP contribution in [0.5, 0.6) is 5.75 Å². The number of aromatic nitrogens is 3. The maximum Gasteiger partial charge on any atom is 0.216 e. The molecule has 0 aliphatic heterocycles. The second kappa shape index (κ2) is 5.44. The Labute approximate surface area is 129 Å². The van der Waals surface area contributed by atoms with Gasteiger partial charge >= 0.3 is 0 Å². The maximum atomic E-state index is 9.80. The summed E-state index contributed by atoms with van der Waals surface area (Å²) in [5.41, 5.74) is 2.39. The van der Waals surface area contributed by atoms with Gasteiger partial charge in [0.05, 0.1) is 6.21 Å². The van der Waals surface area contributed by atoms with Crippen molar-refractivity contribution in [3.05, 3.63) is 39.4 Å². The molecule has 1 aromatic carbocycles. The van der Waals surface area contributed by atoms with Crippen LogP contribution in [-0.2, 0) is 5.41 Å². The van der Waals surface area contributed by atoms with Crippen molar-refractivity contribution in [3.63, 3.8) is 0 Å². The van der Waals surface area contributed by atoms with Crippen LogP contribution in [0, 0.1) is 18.6 Å². The monoisotopic (exact) mass is 304 g/mol. The number of nitrogens with one attached hydrogen (secondary N) is 1. The number of phenols is 1. The summed E-state index contributed by atoms with van der Waals surface area (Å²) in [5.74, 6) is 1.10. The van der Waals surface area contributed by atoms with E-state index in [1.54, 1.807) is 10.9 Å². The first-order valence-corrected chi connectivity index (χ1v) is 7.13. The van der Waals surface area contributed by atoms with Crippen LogP contribution < -0.4 is 0 Å². The van der Waals surface area contributed by atoms with Crippen LogP contribution in [0.4, 0.5) is 0 Å². The van der Waals surface area contributed by atoms with Crippen molar-refractivity contribution in [2.24, 2.45) is 5.10 Å². The molecule has 0 saturated heterocycles. The zero-order valence-corrected chi connectivity index (χ0v) is 13.7. The topological polar surface area (TPSA) is 66.2 Å². The molecular weight excluding hydrogens is 284 g/mol. The molecule has 2 rings (SSSR count). The fraction of sp³-hybridized carbons (Fsp3) is 0.400.